The van der Waals surface area contributed by atoms with Crippen LogP contribution >= 0.6 is 24.0 Å². The Kier molecular flexibility index (Phi) is 9.04. The standard InChI is InChI=1S/C22H25ClN2O3S.ClH/c1-2-3-4-5-20(26)16-8-11-21-19(12-16)25(22(27)18(24)14-29(21)28)13-15-6-9-17(23)10-7-15;/h6-12,18H,2-5,13-14,24H2,1H3;1H/t18-,29?;/m0./s1. The number of benzene rings is 2. The Morgan fingerprint density at radius 1 is 1.20 bits per heavy atom. The minimum absolute atomic E-state index is 0. The number of Topliss-reactive ketones (excluding diaryl/α,β-unsaturated/α-hetero) is 1. The van der Waals surface area contributed by atoms with Gasteiger partial charge in [-0.2, -0.15) is 0 Å². The average Bonchev–Trinajstić information content (AvgIpc) is 2.80. The van der Waals surface area contributed by atoms with Gasteiger partial charge in [-0.1, -0.05) is 49.6 Å². The summed E-state index contributed by atoms with van der Waals surface area (Å²) in [6, 6.07) is 11.4. The maximum atomic E-state index is 13.0. The van der Waals surface area contributed by atoms with E-state index in [1.54, 1.807) is 30.3 Å². The molecule has 0 radical (unpaired) electrons. The molecule has 2 aromatic carbocycles. The third-order valence-electron chi connectivity index (χ3n) is 4.99. The van der Waals surface area contributed by atoms with E-state index in [0.29, 0.717) is 27.6 Å². The number of nitrogens with two attached hydrogens (primary N) is 1. The van der Waals surface area contributed by atoms with Gasteiger partial charge in [-0.25, -0.2) is 0 Å². The van der Waals surface area contributed by atoms with Crippen LogP contribution in [0.25, 0.3) is 0 Å². The first-order chi connectivity index (χ1) is 13.9. The number of halogens is 2. The van der Waals surface area contributed by atoms with Crippen molar-refractivity contribution in [2.45, 2.75) is 50.1 Å². The van der Waals surface area contributed by atoms with Gasteiger partial charge in [-0.15, -0.1) is 12.4 Å². The molecule has 0 saturated carbocycles. The Morgan fingerprint density at radius 2 is 1.90 bits per heavy atom. The molecular weight excluding hydrogens is 443 g/mol. The van der Waals surface area contributed by atoms with Crippen molar-refractivity contribution < 1.29 is 13.8 Å². The second kappa shape index (κ2) is 11.0. The highest BCUT2D eigenvalue weighted by Crippen LogP contribution is 2.31. The van der Waals surface area contributed by atoms with Crippen LogP contribution in [-0.2, 0) is 22.1 Å². The zero-order chi connectivity index (χ0) is 21.0. The van der Waals surface area contributed by atoms with Crippen molar-refractivity contribution in [1.82, 2.24) is 0 Å². The fraction of sp³-hybridized carbons (Fsp3) is 0.364. The Hall–Kier alpha value is -1.73. The minimum Gasteiger partial charge on any atom is -0.319 e. The molecule has 0 bridgehead atoms. The molecule has 2 N–H and O–H groups in total. The van der Waals surface area contributed by atoms with Gasteiger partial charge in [-0.3, -0.25) is 13.8 Å². The van der Waals surface area contributed by atoms with Crippen molar-refractivity contribution in [3.8, 4) is 0 Å². The number of hydrogen-bond donors (Lipinski definition) is 1. The van der Waals surface area contributed by atoms with E-state index in [0.717, 1.165) is 24.8 Å². The lowest BCUT2D eigenvalue weighted by Gasteiger charge is -2.24. The van der Waals surface area contributed by atoms with Crippen LogP contribution in [0.1, 0.15) is 48.5 Å². The molecule has 0 fully saturated rings. The number of carbonyl (C=O) groups excluding carboxylic acids is 2. The maximum Gasteiger partial charge on any atom is 0.245 e. The third-order valence-corrected chi connectivity index (χ3v) is 6.74. The molecule has 2 aromatic rings. The number of fused-ring (bicyclic) bond motifs is 1. The van der Waals surface area contributed by atoms with Gasteiger partial charge in [-0.05, 0) is 36.2 Å². The normalized spacial score (nSPS) is 18.4. The Balaban J connectivity index is 0.00000320. The highest BCUT2D eigenvalue weighted by molar-refractivity contribution is 7.85. The van der Waals surface area contributed by atoms with E-state index < -0.39 is 16.8 Å². The number of unbranched alkanes of at least 4 members (excludes halogenated alkanes) is 2. The molecule has 3 rings (SSSR count). The highest BCUT2D eigenvalue weighted by atomic mass is 35.5. The summed E-state index contributed by atoms with van der Waals surface area (Å²) < 4.78 is 12.7. The first kappa shape index (κ1) is 24.5. The molecule has 2 atom stereocenters. The molecule has 1 aliphatic rings. The quantitative estimate of drug-likeness (QED) is 0.478. The highest BCUT2D eigenvalue weighted by Gasteiger charge is 2.32. The molecule has 0 aromatic heterocycles. The number of rotatable bonds is 7. The van der Waals surface area contributed by atoms with E-state index in [4.69, 9.17) is 17.3 Å². The van der Waals surface area contributed by atoms with Crippen molar-refractivity contribution in [2.75, 3.05) is 10.7 Å². The van der Waals surface area contributed by atoms with Crippen molar-refractivity contribution in [1.29, 1.82) is 0 Å². The van der Waals surface area contributed by atoms with Crippen LogP contribution in [0.15, 0.2) is 47.4 Å². The Bertz CT molecular complexity index is 934. The van der Waals surface area contributed by atoms with Gasteiger partial charge < -0.3 is 10.6 Å². The summed E-state index contributed by atoms with van der Waals surface area (Å²) in [6.45, 7) is 2.35. The molecular formula is C22H26Cl2N2O3S. The fourth-order valence-electron chi connectivity index (χ4n) is 3.35. The predicted octanol–water partition coefficient (Wildman–Crippen LogP) is 4.51. The van der Waals surface area contributed by atoms with Crippen LogP contribution < -0.4 is 10.6 Å². The van der Waals surface area contributed by atoms with Crippen molar-refractivity contribution in [2.24, 2.45) is 5.73 Å². The van der Waals surface area contributed by atoms with E-state index in [1.807, 2.05) is 12.1 Å². The van der Waals surface area contributed by atoms with Crippen LogP contribution in [0.4, 0.5) is 5.69 Å². The second-order valence-corrected chi connectivity index (χ2v) is 9.13. The van der Waals surface area contributed by atoms with E-state index in [9.17, 15) is 13.8 Å². The summed E-state index contributed by atoms with van der Waals surface area (Å²) >= 11 is 5.96. The van der Waals surface area contributed by atoms with E-state index in [2.05, 4.69) is 6.92 Å². The molecule has 30 heavy (non-hydrogen) atoms. The van der Waals surface area contributed by atoms with Gasteiger partial charge in [0.15, 0.2) is 5.78 Å². The molecule has 1 unspecified atom stereocenters. The number of ketones is 1. The molecule has 5 nitrogen and oxygen atoms in total. The predicted molar refractivity (Wildman–Crippen MR) is 124 cm³/mol. The van der Waals surface area contributed by atoms with Crippen LogP contribution in [0, 0.1) is 0 Å². The molecule has 8 heteroatoms. The van der Waals surface area contributed by atoms with Gasteiger partial charge in [0.05, 0.1) is 39.7 Å². The maximum absolute atomic E-state index is 13.0. The Labute approximate surface area is 190 Å². The number of hydrogen-bond acceptors (Lipinski definition) is 4. The first-order valence-electron chi connectivity index (χ1n) is 9.77. The molecule has 1 amide bonds. The zero-order valence-electron chi connectivity index (χ0n) is 16.8. The van der Waals surface area contributed by atoms with Crippen molar-refractivity contribution in [3.05, 3.63) is 58.6 Å². The van der Waals surface area contributed by atoms with Crippen LogP contribution in [0.5, 0.6) is 0 Å². The smallest absolute Gasteiger partial charge is 0.245 e. The monoisotopic (exact) mass is 468 g/mol. The minimum atomic E-state index is -1.41. The molecule has 0 aliphatic carbocycles. The topological polar surface area (TPSA) is 80.5 Å². The van der Waals surface area contributed by atoms with E-state index in [1.165, 1.54) is 4.90 Å². The lowest BCUT2D eigenvalue weighted by molar-refractivity contribution is -0.119. The molecule has 0 saturated heterocycles. The number of anilines is 1. The number of carbonyl (C=O) groups is 2. The lowest BCUT2D eigenvalue weighted by Crippen LogP contribution is -2.44. The largest absolute Gasteiger partial charge is 0.319 e. The summed E-state index contributed by atoms with van der Waals surface area (Å²) in [7, 11) is -1.41. The van der Waals surface area contributed by atoms with Crippen molar-refractivity contribution in [3.63, 3.8) is 0 Å². The van der Waals surface area contributed by atoms with Gasteiger partial charge in [0.1, 0.15) is 0 Å². The first-order valence-corrected chi connectivity index (χ1v) is 11.5. The van der Waals surface area contributed by atoms with Gasteiger partial charge in [0.25, 0.3) is 0 Å². The van der Waals surface area contributed by atoms with Crippen LogP contribution in [0.3, 0.4) is 0 Å². The summed E-state index contributed by atoms with van der Waals surface area (Å²) in [6.07, 6.45) is 3.32. The van der Waals surface area contributed by atoms with Crippen LogP contribution in [0.2, 0.25) is 5.02 Å². The number of amides is 1. The average molecular weight is 469 g/mol. The summed E-state index contributed by atoms with van der Waals surface area (Å²) in [5, 5.41) is 0.606. The number of nitrogens with zero attached hydrogens (tertiary/aromatic N) is 1. The van der Waals surface area contributed by atoms with Crippen LogP contribution in [-0.4, -0.2) is 27.7 Å². The van der Waals surface area contributed by atoms with E-state index >= 15 is 0 Å². The zero-order valence-corrected chi connectivity index (χ0v) is 19.2. The third kappa shape index (κ3) is 5.70. The van der Waals surface area contributed by atoms with Gasteiger partial charge >= 0.3 is 0 Å². The molecule has 1 heterocycles. The summed E-state index contributed by atoms with van der Waals surface area (Å²) in [4.78, 5) is 27.6. The van der Waals surface area contributed by atoms with Gasteiger partial charge in [0.2, 0.25) is 5.91 Å². The lowest BCUT2D eigenvalue weighted by atomic mass is 10.0. The van der Waals surface area contributed by atoms with Crippen molar-refractivity contribution >= 4 is 52.2 Å². The summed E-state index contributed by atoms with van der Waals surface area (Å²) in [5.41, 5.74) is 7.92. The summed E-state index contributed by atoms with van der Waals surface area (Å²) in [5.74, 6) is -0.214. The van der Waals surface area contributed by atoms with E-state index in [-0.39, 0.29) is 36.4 Å². The SMILES string of the molecule is CCCCCC(=O)c1ccc2c(c1)N(Cc1ccc(Cl)cc1)C(=O)[C@@H](N)CS2=O.Cl. The molecule has 1 aliphatic heterocycles. The molecule has 162 valence electrons. The second-order valence-electron chi connectivity index (χ2n) is 7.23. The van der Waals surface area contributed by atoms with Gasteiger partial charge in [0, 0.05) is 17.0 Å². The Morgan fingerprint density at radius 3 is 2.57 bits per heavy atom. The fourth-order valence-corrected chi connectivity index (χ4v) is 4.75. The molecule has 0 spiro atoms.